The molecule has 0 saturated carbocycles. The van der Waals surface area contributed by atoms with Crippen molar-refractivity contribution in [3.8, 4) is 17.2 Å². The van der Waals surface area contributed by atoms with Crippen molar-refractivity contribution >= 4 is 23.2 Å². The number of hydrogen-bond donors (Lipinski definition) is 2. The molecule has 1 aromatic heterocycles. The molecular weight excluding hydrogens is 400 g/mol. The largest absolute Gasteiger partial charge is 0.496 e. The second-order valence-electron chi connectivity index (χ2n) is 6.67. The smallest absolute Gasteiger partial charge is 0.291 e. The van der Waals surface area contributed by atoms with Crippen LogP contribution in [0, 0.1) is 0 Å². The van der Waals surface area contributed by atoms with Gasteiger partial charge in [-0.2, -0.15) is 0 Å². The maximum atomic E-state index is 12.6. The Kier molecular flexibility index (Phi) is 6.81. The van der Waals surface area contributed by atoms with Crippen molar-refractivity contribution in [2.24, 2.45) is 0 Å². The van der Waals surface area contributed by atoms with Crippen LogP contribution >= 0.6 is 0 Å². The molecular formula is C23H24N2O6. The maximum absolute atomic E-state index is 12.6. The molecule has 2 aromatic carbocycles. The second-order valence-corrected chi connectivity index (χ2v) is 6.67. The fraction of sp³-hybridized carbons (Fsp3) is 0.217. The zero-order valence-corrected chi connectivity index (χ0v) is 17.8. The van der Waals surface area contributed by atoms with Crippen molar-refractivity contribution in [1.29, 1.82) is 0 Å². The van der Waals surface area contributed by atoms with Gasteiger partial charge in [0, 0.05) is 42.4 Å². The molecule has 8 nitrogen and oxygen atoms in total. The van der Waals surface area contributed by atoms with E-state index in [2.05, 4.69) is 10.6 Å². The summed E-state index contributed by atoms with van der Waals surface area (Å²) in [6.07, 6.45) is 0.363. The Labute approximate surface area is 180 Å². The SMILES string of the molecule is COc1cc(OC)c(Cc2ccc(C(=O)Nc3cccc(NC(C)=O)c3)o2)c(OC)c1. The predicted octanol–water partition coefficient (Wildman–Crippen LogP) is 4.11. The van der Waals surface area contributed by atoms with Crippen LogP contribution in [0.5, 0.6) is 17.2 Å². The van der Waals surface area contributed by atoms with E-state index in [-0.39, 0.29) is 11.7 Å². The first-order chi connectivity index (χ1) is 14.9. The molecule has 0 bridgehead atoms. The van der Waals surface area contributed by atoms with Crippen LogP contribution in [0.2, 0.25) is 0 Å². The summed E-state index contributed by atoms with van der Waals surface area (Å²) < 4.78 is 21.9. The van der Waals surface area contributed by atoms with E-state index in [9.17, 15) is 9.59 Å². The van der Waals surface area contributed by atoms with Crippen molar-refractivity contribution in [2.75, 3.05) is 32.0 Å². The molecule has 0 aliphatic rings. The highest BCUT2D eigenvalue weighted by atomic mass is 16.5. The lowest BCUT2D eigenvalue weighted by molar-refractivity contribution is -0.114. The number of nitrogens with one attached hydrogen (secondary N) is 2. The molecule has 31 heavy (non-hydrogen) atoms. The molecule has 3 rings (SSSR count). The van der Waals surface area contributed by atoms with Gasteiger partial charge in [-0.15, -0.1) is 0 Å². The van der Waals surface area contributed by atoms with Gasteiger partial charge in [-0.05, 0) is 30.3 Å². The number of benzene rings is 2. The minimum atomic E-state index is -0.403. The normalized spacial score (nSPS) is 10.3. The summed E-state index contributed by atoms with van der Waals surface area (Å²) in [6, 6.07) is 13.7. The number of carbonyl (C=O) groups excluding carboxylic acids is 2. The molecule has 0 radical (unpaired) electrons. The molecule has 8 heteroatoms. The Morgan fingerprint density at radius 1 is 0.871 bits per heavy atom. The number of ether oxygens (including phenoxy) is 3. The molecule has 0 unspecified atom stereocenters. The van der Waals surface area contributed by atoms with Gasteiger partial charge in [0.2, 0.25) is 5.91 Å². The summed E-state index contributed by atoms with van der Waals surface area (Å²) in [5.74, 6) is 1.92. The summed E-state index contributed by atoms with van der Waals surface area (Å²) in [6.45, 7) is 1.42. The number of furan rings is 1. The first-order valence-corrected chi connectivity index (χ1v) is 9.50. The van der Waals surface area contributed by atoms with Gasteiger partial charge >= 0.3 is 0 Å². The Morgan fingerprint density at radius 2 is 1.52 bits per heavy atom. The molecule has 2 N–H and O–H groups in total. The molecule has 1 heterocycles. The third-order valence-electron chi connectivity index (χ3n) is 4.49. The van der Waals surface area contributed by atoms with Gasteiger partial charge in [0.15, 0.2) is 5.76 Å². The summed E-state index contributed by atoms with van der Waals surface area (Å²) >= 11 is 0. The van der Waals surface area contributed by atoms with Crippen LogP contribution in [0.3, 0.4) is 0 Å². The van der Waals surface area contributed by atoms with Crippen molar-refractivity contribution < 1.29 is 28.2 Å². The molecule has 162 valence electrons. The summed E-state index contributed by atoms with van der Waals surface area (Å²) in [5, 5.41) is 5.43. The molecule has 0 aliphatic carbocycles. The zero-order chi connectivity index (χ0) is 22.4. The van der Waals surface area contributed by atoms with E-state index in [1.165, 1.54) is 6.92 Å². The van der Waals surface area contributed by atoms with E-state index in [0.29, 0.717) is 40.8 Å². The lowest BCUT2D eigenvalue weighted by atomic mass is 10.1. The number of carbonyl (C=O) groups is 2. The van der Waals surface area contributed by atoms with Crippen LogP contribution in [-0.2, 0) is 11.2 Å². The standard InChI is InChI=1S/C23H24N2O6/c1-14(26)24-15-6-5-7-16(10-15)25-23(27)20-9-8-17(31-20)11-19-21(29-3)12-18(28-2)13-22(19)30-4/h5-10,12-13H,11H2,1-4H3,(H,24,26)(H,25,27). The summed E-state index contributed by atoms with van der Waals surface area (Å²) in [5.41, 5.74) is 1.90. The number of methoxy groups -OCH3 is 3. The number of rotatable bonds is 8. The molecule has 0 aliphatic heterocycles. The quantitative estimate of drug-likeness (QED) is 0.565. The van der Waals surface area contributed by atoms with E-state index in [1.54, 1.807) is 69.9 Å². The minimum absolute atomic E-state index is 0.159. The lowest BCUT2D eigenvalue weighted by Crippen LogP contribution is -2.11. The first-order valence-electron chi connectivity index (χ1n) is 9.50. The van der Waals surface area contributed by atoms with Crippen molar-refractivity contribution in [1.82, 2.24) is 0 Å². The number of amides is 2. The monoisotopic (exact) mass is 424 g/mol. The highest BCUT2D eigenvalue weighted by Crippen LogP contribution is 2.35. The van der Waals surface area contributed by atoms with E-state index >= 15 is 0 Å². The Hall–Kier alpha value is -3.94. The molecule has 2 amide bonds. The summed E-state index contributed by atoms with van der Waals surface area (Å²) in [4.78, 5) is 23.8. The predicted molar refractivity (Wildman–Crippen MR) is 116 cm³/mol. The molecule has 0 atom stereocenters. The fourth-order valence-electron chi connectivity index (χ4n) is 3.09. The Morgan fingerprint density at radius 3 is 2.10 bits per heavy atom. The number of anilines is 2. The highest BCUT2D eigenvalue weighted by Gasteiger charge is 2.17. The average Bonchev–Trinajstić information content (AvgIpc) is 3.22. The molecule has 0 fully saturated rings. The van der Waals surface area contributed by atoms with E-state index < -0.39 is 5.91 Å². The molecule has 0 spiro atoms. The van der Waals surface area contributed by atoms with E-state index in [1.807, 2.05) is 0 Å². The average molecular weight is 424 g/mol. The van der Waals surface area contributed by atoms with Crippen LogP contribution in [-0.4, -0.2) is 33.1 Å². The van der Waals surface area contributed by atoms with E-state index in [4.69, 9.17) is 18.6 Å². The fourth-order valence-corrected chi connectivity index (χ4v) is 3.09. The van der Waals surface area contributed by atoms with Gasteiger partial charge in [0.05, 0.1) is 21.3 Å². The van der Waals surface area contributed by atoms with Gasteiger partial charge < -0.3 is 29.3 Å². The van der Waals surface area contributed by atoms with Gasteiger partial charge in [0.1, 0.15) is 23.0 Å². The third kappa shape index (κ3) is 5.36. The van der Waals surface area contributed by atoms with Crippen molar-refractivity contribution in [2.45, 2.75) is 13.3 Å². The molecule has 0 saturated heterocycles. The van der Waals surface area contributed by atoms with Gasteiger partial charge in [-0.25, -0.2) is 0 Å². The molecule has 3 aromatic rings. The summed E-state index contributed by atoms with van der Waals surface area (Å²) in [7, 11) is 4.69. The number of hydrogen-bond acceptors (Lipinski definition) is 6. The van der Waals surface area contributed by atoms with Crippen LogP contribution in [0.15, 0.2) is 52.9 Å². The zero-order valence-electron chi connectivity index (χ0n) is 17.8. The second kappa shape index (κ2) is 9.71. The van der Waals surface area contributed by atoms with Gasteiger partial charge in [0.25, 0.3) is 5.91 Å². The Bertz CT molecular complexity index is 1060. The van der Waals surface area contributed by atoms with Gasteiger partial charge in [-0.1, -0.05) is 6.07 Å². The Balaban J connectivity index is 1.76. The van der Waals surface area contributed by atoms with E-state index in [0.717, 1.165) is 5.56 Å². The highest BCUT2D eigenvalue weighted by molar-refractivity contribution is 6.02. The third-order valence-corrected chi connectivity index (χ3v) is 4.49. The lowest BCUT2D eigenvalue weighted by Gasteiger charge is -2.14. The van der Waals surface area contributed by atoms with Crippen molar-refractivity contribution in [3.63, 3.8) is 0 Å². The topological polar surface area (TPSA) is 99.0 Å². The van der Waals surface area contributed by atoms with Crippen LogP contribution in [0.1, 0.15) is 28.8 Å². The first kappa shape index (κ1) is 21.8. The minimum Gasteiger partial charge on any atom is -0.496 e. The van der Waals surface area contributed by atoms with Gasteiger partial charge in [-0.3, -0.25) is 9.59 Å². The van der Waals surface area contributed by atoms with Crippen LogP contribution in [0.4, 0.5) is 11.4 Å². The van der Waals surface area contributed by atoms with Crippen LogP contribution in [0.25, 0.3) is 0 Å². The maximum Gasteiger partial charge on any atom is 0.291 e. The van der Waals surface area contributed by atoms with Crippen LogP contribution < -0.4 is 24.8 Å². The van der Waals surface area contributed by atoms with Crippen molar-refractivity contribution in [3.05, 3.63) is 65.6 Å².